The average Bonchev–Trinajstić information content (AvgIpc) is 2.82. The second kappa shape index (κ2) is 3.53. The van der Waals surface area contributed by atoms with E-state index in [1.54, 1.807) is 6.20 Å². The first-order chi connectivity index (χ1) is 6.68. The third-order valence-corrected chi connectivity index (χ3v) is 2.68. The molecule has 3 N–H and O–H groups in total. The van der Waals surface area contributed by atoms with Gasteiger partial charge in [0.25, 0.3) is 0 Å². The number of hydrogen-bond donors (Lipinski definition) is 2. The van der Waals surface area contributed by atoms with Crippen LogP contribution in [0, 0.1) is 5.92 Å². The van der Waals surface area contributed by atoms with Crippen molar-refractivity contribution in [2.75, 3.05) is 5.32 Å². The highest BCUT2D eigenvalue weighted by atomic mass is 32.1. The summed E-state index contributed by atoms with van der Waals surface area (Å²) < 4.78 is 0. The van der Waals surface area contributed by atoms with E-state index in [2.05, 4.69) is 17.2 Å². The van der Waals surface area contributed by atoms with Gasteiger partial charge < -0.3 is 11.1 Å². The average molecular weight is 207 g/mol. The maximum atomic E-state index is 5.57. The Morgan fingerprint density at radius 2 is 2.43 bits per heavy atom. The minimum Gasteiger partial charge on any atom is -0.388 e. The van der Waals surface area contributed by atoms with Crippen LogP contribution in [0.15, 0.2) is 18.3 Å². The molecular formula is C10H13N3S. The molecule has 0 aliphatic heterocycles. The summed E-state index contributed by atoms with van der Waals surface area (Å²) in [6, 6.07) is 4.41. The fourth-order valence-corrected chi connectivity index (χ4v) is 1.60. The highest BCUT2D eigenvalue weighted by Gasteiger charge is 2.32. The van der Waals surface area contributed by atoms with Crippen LogP contribution in [-0.2, 0) is 0 Å². The molecule has 1 aromatic heterocycles. The highest BCUT2D eigenvalue weighted by molar-refractivity contribution is 7.80. The number of anilines is 1. The number of nitrogens with two attached hydrogens (primary N) is 1. The van der Waals surface area contributed by atoms with Crippen molar-refractivity contribution in [3.8, 4) is 0 Å². The topological polar surface area (TPSA) is 50.9 Å². The number of rotatable bonds is 3. The van der Waals surface area contributed by atoms with Crippen LogP contribution in [-0.4, -0.2) is 16.0 Å². The summed E-state index contributed by atoms with van der Waals surface area (Å²) in [6.07, 6.45) is 2.92. The van der Waals surface area contributed by atoms with E-state index in [0.29, 0.717) is 16.7 Å². The van der Waals surface area contributed by atoms with Gasteiger partial charge in [0.15, 0.2) is 0 Å². The first kappa shape index (κ1) is 9.40. The molecule has 1 aliphatic rings. The van der Waals surface area contributed by atoms with Crippen molar-refractivity contribution in [3.05, 3.63) is 24.0 Å². The summed E-state index contributed by atoms with van der Waals surface area (Å²) in [5.74, 6) is 0.745. The number of hydrogen-bond acceptors (Lipinski definition) is 3. The summed E-state index contributed by atoms with van der Waals surface area (Å²) in [5, 5.41) is 3.39. The lowest BCUT2D eigenvalue weighted by atomic mass is 10.3. The minimum absolute atomic E-state index is 0.349. The van der Waals surface area contributed by atoms with Crippen molar-refractivity contribution in [1.29, 1.82) is 0 Å². The number of nitrogens with zero attached hydrogens (tertiary/aromatic N) is 1. The molecule has 4 heteroatoms. The Hall–Kier alpha value is -1.16. The van der Waals surface area contributed by atoms with Crippen LogP contribution in [0.25, 0.3) is 0 Å². The van der Waals surface area contributed by atoms with E-state index in [0.717, 1.165) is 11.6 Å². The van der Waals surface area contributed by atoms with Gasteiger partial charge in [-0.2, -0.15) is 0 Å². The molecule has 1 fully saturated rings. The molecule has 0 amide bonds. The van der Waals surface area contributed by atoms with Gasteiger partial charge in [0.1, 0.15) is 10.7 Å². The van der Waals surface area contributed by atoms with Crippen LogP contribution in [0.5, 0.6) is 0 Å². The predicted octanol–water partition coefficient (Wildman–Crippen LogP) is 1.54. The number of nitrogens with one attached hydrogen (secondary N) is 1. The Labute approximate surface area is 88.7 Å². The van der Waals surface area contributed by atoms with Gasteiger partial charge >= 0.3 is 0 Å². The quantitative estimate of drug-likeness (QED) is 0.738. The first-order valence-corrected chi connectivity index (χ1v) is 5.10. The van der Waals surface area contributed by atoms with Gasteiger partial charge in [0.2, 0.25) is 0 Å². The SMILES string of the molecule is CC1CC1Nc1cccnc1C(N)=S. The van der Waals surface area contributed by atoms with Crippen molar-refractivity contribution < 1.29 is 0 Å². The monoisotopic (exact) mass is 207 g/mol. The molecule has 14 heavy (non-hydrogen) atoms. The van der Waals surface area contributed by atoms with E-state index < -0.39 is 0 Å². The summed E-state index contributed by atoms with van der Waals surface area (Å²) in [5.41, 5.74) is 7.22. The van der Waals surface area contributed by atoms with Gasteiger partial charge in [-0.15, -0.1) is 0 Å². The molecule has 2 rings (SSSR count). The van der Waals surface area contributed by atoms with Crippen LogP contribution >= 0.6 is 12.2 Å². The highest BCUT2D eigenvalue weighted by Crippen LogP contribution is 2.33. The number of pyridine rings is 1. The second-order valence-electron chi connectivity index (χ2n) is 3.73. The van der Waals surface area contributed by atoms with Crippen LogP contribution in [0.4, 0.5) is 5.69 Å². The van der Waals surface area contributed by atoms with Gasteiger partial charge in [-0.25, -0.2) is 0 Å². The molecule has 0 radical (unpaired) electrons. The van der Waals surface area contributed by atoms with E-state index in [9.17, 15) is 0 Å². The third-order valence-electron chi connectivity index (χ3n) is 2.49. The molecule has 2 unspecified atom stereocenters. The summed E-state index contributed by atoms with van der Waals surface area (Å²) >= 11 is 4.93. The van der Waals surface area contributed by atoms with E-state index in [-0.39, 0.29) is 0 Å². The predicted molar refractivity (Wildman–Crippen MR) is 61.3 cm³/mol. The molecule has 1 aliphatic carbocycles. The van der Waals surface area contributed by atoms with Crippen LogP contribution < -0.4 is 11.1 Å². The molecule has 0 aromatic carbocycles. The zero-order chi connectivity index (χ0) is 10.1. The van der Waals surface area contributed by atoms with Crippen LogP contribution in [0.2, 0.25) is 0 Å². The Bertz CT molecular complexity index is 364. The lowest BCUT2D eigenvalue weighted by molar-refractivity contribution is 0.928. The maximum Gasteiger partial charge on any atom is 0.124 e. The Morgan fingerprint density at radius 1 is 1.71 bits per heavy atom. The molecule has 0 spiro atoms. The fraction of sp³-hybridized carbons (Fsp3) is 0.400. The zero-order valence-electron chi connectivity index (χ0n) is 8.03. The number of thiocarbonyl (C=S) groups is 1. The van der Waals surface area contributed by atoms with Gasteiger partial charge in [-0.3, -0.25) is 4.98 Å². The Kier molecular flexibility index (Phi) is 2.37. The summed E-state index contributed by atoms with van der Waals surface area (Å²) in [7, 11) is 0. The second-order valence-corrected chi connectivity index (χ2v) is 4.17. The number of aromatic nitrogens is 1. The van der Waals surface area contributed by atoms with Gasteiger partial charge in [0.05, 0.1) is 5.69 Å². The zero-order valence-corrected chi connectivity index (χ0v) is 8.84. The molecule has 2 atom stereocenters. The molecule has 1 saturated carbocycles. The summed E-state index contributed by atoms with van der Waals surface area (Å²) in [6.45, 7) is 2.22. The molecule has 3 nitrogen and oxygen atoms in total. The largest absolute Gasteiger partial charge is 0.388 e. The van der Waals surface area contributed by atoms with Crippen LogP contribution in [0.3, 0.4) is 0 Å². The molecule has 0 bridgehead atoms. The minimum atomic E-state index is 0.349. The van der Waals surface area contributed by atoms with Gasteiger partial charge in [0, 0.05) is 12.2 Å². The van der Waals surface area contributed by atoms with Crippen molar-refractivity contribution in [3.63, 3.8) is 0 Å². The normalized spacial score (nSPS) is 24.4. The molecule has 0 saturated heterocycles. The van der Waals surface area contributed by atoms with Gasteiger partial charge in [-0.05, 0) is 24.5 Å². The molecule has 74 valence electrons. The van der Waals surface area contributed by atoms with E-state index in [4.69, 9.17) is 18.0 Å². The lowest BCUT2D eigenvalue weighted by Gasteiger charge is -2.08. The molecule has 1 aromatic rings. The summed E-state index contributed by atoms with van der Waals surface area (Å²) in [4.78, 5) is 4.50. The van der Waals surface area contributed by atoms with Crippen LogP contribution in [0.1, 0.15) is 19.0 Å². The Morgan fingerprint density at radius 3 is 3.00 bits per heavy atom. The fourth-order valence-electron chi connectivity index (χ4n) is 1.44. The third kappa shape index (κ3) is 1.85. The van der Waals surface area contributed by atoms with Crippen molar-refractivity contribution in [2.45, 2.75) is 19.4 Å². The smallest absolute Gasteiger partial charge is 0.124 e. The molecule has 1 heterocycles. The van der Waals surface area contributed by atoms with Crippen molar-refractivity contribution in [1.82, 2.24) is 4.98 Å². The first-order valence-electron chi connectivity index (χ1n) is 4.70. The van der Waals surface area contributed by atoms with E-state index >= 15 is 0 Å². The lowest BCUT2D eigenvalue weighted by Crippen LogP contribution is -2.16. The standard InChI is InChI=1S/C10H13N3S/c1-6-5-8(6)13-7-3-2-4-12-9(7)10(11)14/h2-4,6,8,13H,5H2,1H3,(H2,11,14). The van der Waals surface area contributed by atoms with Crippen molar-refractivity contribution in [2.24, 2.45) is 11.7 Å². The van der Waals surface area contributed by atoms with Gasteiger partial charge in [-0.1, -0.05) is 19.1 Å². The van der Waals surface area contributed by atoms with Crippen molar-refractivity contribution >= 4 is 22.9 Å². The molecular weight excluding hydrogens is 194 g/mol. The van der Waals surface area contributed by atoms with E-state index in [1.165, 1.54) is 6.42 Å². The van der Waals surface area contributed by atoms with E-state index in [1.807, 2.05) is 12.1 Å². The Balaban J connectivity index is 2.19. The maximum absolute atomic E-state index is 5.57.